The van der Waals surface area contributed by atoms with Gasteiger partial charge in [-0.05, 0) is 30.5 Å². The first kappa shape index (κ1) is 9.47. The van der Waals surface area contributed by atoms with Crippen molar-refractivity contribution in [1.29, 1.82) is 0 Å². The summed E-state index contributed by atoms with van der Waals surface area (Å²) < 4.78 is 1.78. The lowest BCUT2D eigenvalue weighted by Gasteiger charge is -1.92. The van der Waals surface area contributed by atoms with Crippen LogP contribution in [0.25, 0.3) is 0 Å². The molecule has 3 heteroatoms. The maximum atomic E-state index is 4.19. The highest BCUT2D eigenvalue weighted by Gasteiger charge is 1.87. The molecular weight excluding hydrogens is 186 g/mol. The van der Waals surface area contributed by atoms with E-state index in [4.69, 9.17) is 0 Å². The van der Waals surface area contributed by atoms with Crippen molar-refractivity contribution in [3.63, 3.8) is 0 Å². The van der Waals surface area contributed by atoms with Crippen molar-refractivity contribution in [3.8, 4) is 11.8 Å². The standard InChI is InChI=1S/C12H11N3/c1-11-5-6-12(13-10-11)4-2-8-15-9-3-7-14-15/h3,5-7,9-10H,8H2,1H3. The molecule has 3 nitrogen and oxygen atoms in total. The Kier molecular flexibility index (Phi) is 2.80. The molecule has 15 heavy (non-hydrogen) atoms. The smallest absolute Gasteiger partial charge is 0.113 e. The molecule has 0 aliphatic carbocycles. The maximum absolute atomic E-state index is 4.19. The molecule has 0 spiro atoms. The largest absolute Gasteiger partial charge is 0.261 e. The lowest BCUT2D eigenvalue weighted by atomic mass is 10.3. The van der Waals surface area contributed by atoms with Gasteiger partial charge in [0.15, 0.2) is 0 Å². The monoisotopic (exact) mass is 197 g/mol. The lowest BCUT2D eigenvalue weighted by Crippen LogP contribution is -1.94. The SMILES string of the molecule is Cc1ccc(C#CCn2cccn2)nc1. The van der Waals surface area contributed by atoms with Crippen LogP contribution >= 0.6 is 0 Å². The number of rotatable bonds is 1. The van der Waals surface area contributed by atoms with E-state index in [1.165, 1.54) is 0 Å². The molecular formula is C12H11N3. The van der Waals surface area contributed by atoms with Crippen LogP contribution in [0, 0.1) is 18.8 Å². The summed E-state index contributed by atoms with van der Waals surface area (Å²) >= 11 is 0. The predicted molar refractivity (Wildman–Crippen MR) is 58.1 cm³/mol. The molecule has 0 amide bonds. The molecule has 0 aliphatic heterocycles. The van der Waals surface area contributed by atoms with Crippen LogP contribution in [0.1, 0.15) is 11.3 Å². The third-order valence-electron chi connectivity index (χ3n) is 1.93. The molecule has 2 aromatic rings. The summed E-state index contributed by atoms with van der Waals surface area (Å²) in [6.07, 6.45) is 5.45. The van der Waals surface area contributed by atoms with Crippen molar-refractivity contribution in [2.24, 2.45) is 0 Å². The fourth-order valence-corrected chi connectivity index (χ4v) is 1.15. The van der Waals surface area contributed by atoms with E-state index < -0.39 is 0 Å². The Morgan fingerprint density at radius 1 is 1.40 bits per heavy atom. The molecule has 0 saturated carbocycles. The van der Waals surface area contributed by atoms with E-state index in [1.54, 1.807) is 10.9 Å². The molecule has 0 atom stereocenters. The van der Waals surface area contributed by atoms with Crippen LogP contribution in [-0.4, -0.2) is 14.8 Å². The minimum absolute atomic E-state index is 0.600. The maximum Gasteiger partial charge on any atom is 0.113 e. The lowest BCUT2D eigenvalue weighted by molar-refractivity contribution is 0.715. The fourth-order valence-electron chi connectivity index (χ4n) is 1.15. The van der Waals surface area contributed by atoms with Crippen LogP contribution in [0.3, 0.4) is 0 Å². The third-order valence-corrected chi connectivity index (χ3v) is 1.93. The molecule has 2 rings (SSSR count). The zero-order valence-corrected chi connectivity index (χ0v) is 8.51. The Hall–Kier alpha value is -2.08. The average Bonchev–Trinajstić information content (AvgIpc) is 2.74. The molecule has 2 heterocycles. The van der Waals surface area contributed by atoms with Crippen LogP contribution in [0.5, 0.6) is 0 Å². The Morgan fingerprint density at radius 2 is 2.33 bits per heavy atom. The van der Waals surface area contributed by atoms with Crippen LogP contribution < -0.4 is 0 Å². The topological polar surface area (TPSA) is 30.7 Å². The van der Waals surface area contributed by atoms with E-state index in [2.05, 4.69) is 21.9 Å². The second-order valence-corrected chi connectivity index (χ2v) is 3.23. The van der Waals surface area contributed by atoms with Crippen LogP contribution in [0.4, 0.5) is 0 Å². The van der Waals surface area contributed by atoms with Crippen LogP contribution in [-0.2, 0) is 6.54 Å². The van der Waals surface area contributed by atoms with Gasteiger partial charge in [0, 0.05) is 18.6 Å². The summed E-state index contributed by atoms with van der Waals surface area (Å²) in [6, 6.07) is 5.81. The Morgan fingerprint density at radius 3 is 3.00 bits per heavy atom. The molecule has 0 saturated heterocycles. The van der Waals surface area contributed by atoms with Crippen LogP contribution in [0.15, 0.2) is 36.8 Å². The van der Waals surface area contributed by atoms with E-state index in [1.807, 2.05) is 37.5 Å². The summed E-state index contributed by atoms with van der Waals surface area (Å²) in [4.78, 5) is 4.19. The number of hydrogen-bond donors (Lipinski definition) is 0. The zero-order chi connectivity index (χ0) is 10.5. The molecule has 0 aromatic carbocycles. The number of nitrogens with zero attached hydrogens (tertiary/aromatic N) is 3. The summed E-state index contributed by atoms with van der Waals surface area (Å²) in [6.45, 7) is 2.61. The molecule has 2 aromatic heterocycles. The van der Waals surface area contributed by atoms with E-state index in [0.29, 0.717) is 6.54 Å². The van der Waals surface area contributed by atoms with Crippen molar-refractivity contribution >= 4 is 0 Å². The van der Waals surface area contributed by atoms with Gasteiger partial charge in [-0.3, -0.25) is 4.68 Å². The van der Waals surface area contributed by atoms with Crippen molar-refractivity contribution < 1.29 is 0 Å². The van der Waals surface area contributed by atoms with Gasteiger partial charge < -0.3 is 0 Å². The van der Waals surface area contributed by atoms with Crippen molar-refractivity contribution in [2.45, 2.75) is 13.5 Å². The fraction of sp³-hybridized carbons (Fsp3) is 0.167. The van der Waals surface area contributed by atoms with E-state index in [9.17, 15) is 0 Å². The van der Waals surface area contributed by atoms with Gasteiger partial charge in [-0.15, -0.1) is 0 Å². The van der Waals surface area contributed by atoms with Gasteiger partial charge >= 0.3 is 0 Å². The van der Waals surface area contributed by atoms with Gasteiger partial charge in [0.2, 0.25) is 0 Å². The normalized spacial score (nSPS) is 9.40. The van der Waals surface area contributed by atoms with Crippen molar-refractivity contribution in [2.75, 3.05) is 0 Å². The second-order valence-electron chi connectivity index (χ2n) is 3.23. The van der Waals surface area contributed by atoms with Crippen molar-refractivity contribution in [1.82, 2.24) is 14.8 Å². The summed E-state index contributed by atoms with van der Waals surface area (Å²) in [7, 11) is 0. The first-order chi connectivity index (χ1) is 7.34. The molecule has 0 unspecified atom stereocenters. The summed E-state index contributed by atoms with van der Waals surface area (Å²) in [5.41, 5.74) is 1.94. The van der Waals surface area contributed by atoms with Gasteiger partial charge in [0.1, 0.15) is 12.2 Å². The number of aromatic nitrogens is 3. The van der Waals surface area contributed by atoms with E-state index >= 15 is 0 Å². The first-order valence-electron chi connectivity index (χ1n) is 4.73. The number of pyridine rings is 1. The van der Waals surface area contributed by atoms with E-state index in [-0.39, 0.29) is 0 Å². The molecule has 0 aliphatic rings. The number of aryl methyl sites for hydroxylation is 1. The minimum Gasteiger partial charge on any atom is -0.261 e. The molecule has 74 valence electrons. The van der Waals surface area contributed by atoms with Crippen molar-refractivity contribution in [3.05, 3.63) is 48.0 Å². The molecule has 0 fully saturated rings. The summed E-state index contributed by atoms with van der Waals surface area (Å²) in [5.74, 6) is 6.00. The van der Waals surface area contributed by atoms with Gasteiger partial charge in [-0.2, -0.15) is 5.10 Å². The zero-order valence-electron chi connectivity index (χ0n) is 8.51. The Bertz CT molecular complexity index is 472. The summed E-state index contributed by atoms with van der Waals surface area (Å²) in [5, 5.41) is 4.06. The first-order valence-corrected chi connectivity index (χ1v) is 4.73. The highest BCUT2D eigenvalue weighted by molar-refractivity contribution is 5.28. The number of hydrogen-bond acceptors (Lipinski definition) is 2. The third kappa shape index (κ3) is 2.68. The highest BCUT2D eigenvalue weighted by atomic mass is 15.3. The quantitative estimate of drug-likeness (QED) is 0.651. The minimum atomic E-state index is 0.600. The van der Waals surface area contributed by atoms with Gasteiger partial charge in [0.25, 0.3) is 0 Å². The second kappa shape index (κ2) is 4.43. The molecule has 0 radical (unpaired) electrons. The molecule has 0 bridgehead atoms. The van der Waals surface area contributed by atoms with Crippen LogP contribution in [0.2, 0.25) is 0 Å². The Balaban J connectivity index is 2.03. The predicted octanol–water partition coefficient (Wildman–Crippen LogP) is 1.64. The van der Waals surface area contributed by atoms with Gasteiger partial charge in [-0.1, -0.05) is 12.0 Å². The highest BCUT2D eigenvalue weighted by Crippen LogP contribution is 1.96. The van der Waals surface area contributed by atoms with E-state index in [0.717, 1.165) is 11.3 Å². The Labute approximate surface area is 88.8 Å². The average molecular weight is 197 g/mol. The van der Waals surface area contributed by atoms with Gasteiger partial charge in [0.05, 0.1) is 0 Å². The van der Waals surface area contributed by atoms with Gasteiger partial charge in [-0.25, -0.2) is 4.98 Å². The molecule has 0 N–H and O–H groups in total.